The molecule has 0 atom stereocenters. The van der Waals surface area contributed by atoms with Crippen molar-refractivity contribution in [1.29, 1.82) is 0 Å². The molecule has 0 radical (unpaired) electrons. The number of carbonyl (C=O) groups is 1. The van der Waals surface area contributed by atoms with Crippen molar-refractivity contribution in [2.45, 2.75) is 31.2 Å². The number of fused-ring (bicyclic) bond motifs is 1. The molecule has 7 heteroatoms. The van der Waals surface area contributed by atoms with Gasteiger partial charge in [0.25, 0.3) is 15.9 Å². The van der Waals surface area contributed by atoms with Crippen LogP contribution in [0.4, 0.5) is 5.69 Å². The fourth-order valence-corrected chi connectivity index (χ4v) is 5.47. The van der Waals surface area contributed by atoms with Crippen LogP contribution in [0.15, 0.2) is 71.6 Å². The van der Waals surface area contributed by atoms with Crippen LogP contribution < -0.4 is 9.62 Å². The van der Waals surface area contributed by atoms with Crippen molar-refractivity contribution >= 4 is 33.2 Å². The van der Waals surface area contributed by atoms with Crippen molar-refractivity contribution in [3.8, 4) is 0 Å². The smallest absolute Gasteiger partial charge is 0.264 e. The van der Waals surface area contributed by atoms with Crippen LogP contribution in [-0.4, -0.2) is 20.9 Å². The Hall–Kier alpha value is -2.83. The number of hydrogen-bond donors (Lipinski definition) is 1. The molecule has 0 unspecified atom stereocenters. The summed E-state index contributed by atoms with van der Waals surface area (Å²) in [7, 11) is -3.83. The zero-order valence-electron chi connectivity index (χ0n) is 17.1. The third-order valence-electron chi connectivity index (χ3n) is 5.41. The molecule has 3 aromatic rings. The van der Waals surface area contributed by atoms with Gasteiger partial charge in [-0.1, -0.05) is 59.6 Å². The van der Waals surface area contributed by atoms with Crippen molar-refractivity contribution in [2.24, 2.45) is 0 Å². The molecule has 0 spiro atoms. The standard InChI is InChI=1S/C24H23ClN2O3S/c1-17-8-10-18(11-9-17)16-26-24(28)21-15-20(12-13-22(21)25)31(29,30)27-14-4-6-19-5-2-3-7-23(19)27/h2-3,5,7-13,15H,4,6,14,16H2,1H3,(H,26,28). The summed E-state index contributed by atoms with van der Waals surface area (Å²) in [5.41, 5.74) is 3.91. The largest absolute Gasteiger partial charge is 0.348 e. The van der Waals surface area contributed by atoms with Gasteiger partial charge in [0.15, 0.2) is 0 Å². The van der Waals surface area contributed by atoms with Gasteiger partial charge in [-0.2, -0.15) is 0 Å². The summed E-state index contributed by atoms with van der Waals surface area (Å²) < 4.78 is 28.2. The van der Waals surface area contributed by atoms with Gasteiger partial charge in [-0.3, -0.25) is 9.10 Å². The van der Waals surface area contributed by atoms with Gasteiger partial charge in [0, 0.05) is 13.1 Å². The van der Waals surface area contributed by atoms with E-state index in [2.05, 4.69) is 5.32 Å². The summed E-state index contributed by atoms with van der Waals surface area (Å²) in [5.74, 6) is -0.415. The SMILES string of the molecule is Cc1ccc(CNC(=O)c2cc(S(=O)(=O)N3CCCc4ccccc43)ccc2Cl)cc1. The summed E-state index contributed by atoms with van der Waals surface area (Å²) in [6.45, 7) is 2.72. The number of halogens is 1. The van der Waals surface area contributed by atoms with Crippen LogP contribution in [0.5, 0.6) is 0 Å². The Balaban J connectivity index is 1.60. The minimum Gasteiger partial charge on any atom is -0.348 e. The second kappa shape index (κ2) is 8.73. The van der Waals surface area contributed by atoms with Crippen molar-refractivity contribution in [1.82, 2.24) is 5.32 Å². The molecule has 5 nitrogen and oxygen atoms in total. The Bertz CT molecular complexity index is 1220. The van der Waals surface area contributed by atoms with Crippen LogP contribution in [0.1, 0.15) is 33.5 Å². The highest BCUT2D eigenvalue weighted by atomic mass is 35.5. The molecule has 0 saturated heterocycles. The lowest BCUT2D eigenvalue weighted by Crippen LogP contribution is -2.35. The lowest BCUT2D eigenvalue weighted by atomic mass is 10.0. The van der Waals surface area contributed by atoms with Crippen LogP contribution in [0.2, 0.25) is 5.02 Å². The molecule has 31 heavy (non-hydrogen) atoms. The monoisotopic (exact) mass is 454 g/mol. The normalized spacial score (nSPS) is 13.5. The highest BCUT2D eigenvalue weighted by molar-refractivity contribution is 7.92. The number of carbonyl (C=O) groups excluding carboxylic acids is 1. The van der Waals surface area contributed by atoms with Gasteiger partial charge in [-0.15, -0.1) is 0 Å². The number of nitrogens with zero attached hydrogens (tertiary/aromatic N) is 1. The minimum atomic E-state index is -3.83. The lowest BCUT2D eigenvalue weighted by Gasteiger charge is -2.30. The van der Waals surface area contributed by atoms with Crippen LogP contribution in [0, 0.1) is 6.92 Å². The van der Waals surface area contributed by atoms with E-state index < -0.39 is 15.9 Å². The van der Waals surface area contributed by atoms with Crippen molar-refractivity contribution in [3.63, 3.8) is 0 Å². The molecule has 1 aliphatic rings. The van der Waals surface area contributed by atoms with Crippen LogP contribution in [0.3, 0.4) is 0 Å². The zero-order valence-corrected chi connectivity index (χ0v) is 18.7. The highest BCUT2D eigenvalue weighted by Gasteiger charge is 2.29. The average molecular weight is 455 g/mol. The summed E-state index contributed by atoms with van der Waals surface area (Å²) >= 11 is 6.24. The molecular formula is C24H23ClN2O3S. The summed E-state index contributed by atoms with van der Waals surface area (Å²) in [6, 6.07) is 19.6. The van der Waals surface area contributed by atoms with E-state index in [4.69, 9.17) is 11.6 Å². The van der Waals surface area contributed by atoms with E-state index >= 15 is 0 Å². The van der Waals surface area contributed by atoms with Gasteiger partial charge in [-0.05, 0) is 55.2 Å². The number of sulfonamides is 1. The first-order valence-electron chi connectivity index (χ1n) is 10.1. The Kier molecular flexibility index (Phi) is 6.03. The summed E-state index contributed by atoms with van der Waals surface area (Å²) in [6.07, 6.45) is 1.59. The number of nitrogens with one attached hydrogen (secondary N) is 1. The molecule has 1 amide bonds. The number of amides is 1. The topological polar surface area (TPSA) is 66.5 Å². The molecule has 0 fully saturated rings. The summed E-state index contributed by atoms with van der Waals surface area (Å²) in [4.78, 5) is 12.8. The first-order chi connectivity index (χ1) is 14.9. The van der Waals surface area contributed by atoms with Crippen molar-refractivity contribution in [2.75, 3.05) is 10.8 Å². The maximum Gasteiger partial charge on any atom is 0.264 e. The van der Waals surface area contributed by atoms with Gasteiger partial charge >= 0.3 is 0 Å². The second-order valence-electron chi connectivity index (χ2n) is 7.62. The van der Waals surface area contributed by atoms with Gasteiger partial charge in [-0.25, -0.2) is 8.42 Å². The lowest BCUT2D eigenvalue weighted by molar-refractivity contribution is 0.0951. The maximum absolute atomic E-state index is 13.4. The van der Waals surface area contributed by atoms with Crippen molar-refractivity contribution < 1.29 is 13.2 Å². The van der Waals surface area contributed by atoms with Gasteiger partial charge in [0.05, 0.1) is 21.2 Å². The second-order valence-corrected chi connectivity index (χ2v) is 9.89. The average Bonchev–Trinajstić information content (AvgIpc) is 2.78. The Morgan fingerprint density at radius 3 is 2.58 bits per heavy atom. The molecule has 3 aromatic carbocycles. The van der Waals surface area contributed by atoms with E-state index in [1.54, 1.807) is 0 Å². The summed E-state index contributed by atoms with van der Waals surface area (Å²) in [5, 5.41) is 3.03. The third kappa shape index (κ3) is 4.45. The molecule has 1 aliphatic heterocycles. The van der Waals surface area contributed by atoms with Crippen LogP contribution in [0.25, 0.3) is 0 Å². The molecule has 0 aromatic heterocycles. The number of aryl methyl sites for hydroxylation is 2. The minimum absolute atomic E-state index is 0.0501. The first kappa shape index (κ1) is 21.4. The fraction of sp³-hybridized carbons (Fsp3) is 0.208. The van der Waals surface area contributed by atoms with E-state index in [0.717, 1.165) is 29.5 Å². The van der Waals surface area contributed by atoms with Gasteiger partial charge in [0.2, 0.25) is 0 Å². The van der Waals surface area contributed by atoms with E-state index in [-0.39, 0.29) is 15.5 Å². The molecule has 1 heterocycles. The molecule has 0 saturated carbocycles. The number of rotatable bonds is 5. The predicted octanol–water partition coefficient (Wildman–Crippen LogP) is 4.72. The van der Waals surface area contributed by atoms with E-state index in [1.165, 1.54) is 22.5 Å². The van der Waals surface area contributed by atoms with Gasteiger partial charge < -0.3 is 5.32 Å². The van der Waals surface area contributed by atoms with Gasteiger partial charge in [0.1, 0.15) is 0 Å². The third-order valence-corrected chi connectivity index (χ3v) is 7.55. The Labute approximate surface area is 187 Å². The molecular weight excluding hydrogens is 432 g/mol. The Morgan fingerprint density at radius 1 is 1.06 bits per heavy atom. The van der Waals surface area contributed by atoms with E-state index in [1.807, 2.05) is 55.5 Å². The predicted molar refractivity (Wildman–Crippen MR) is 123 cm³/mol. The van der Waals surface area contributed by atoms with E-state index in [0.29, 0.717) is 18.8 Å². The molecule has 0 bridgehead atoms. The van der Waals surface area contributed by atoms with Crippen LogP contribution in [-0.2, 0) is 23.0 Å². The quantitative estimate of drug-likeness (QED) is 0.606. The zero-order chi connectivity index (χ0) is 22.0. The maximum atomic E-state index is 13.4. The number of benzene rings is 3. The molecule has 4 rings (SSSR count). The van der Waals surface area contributed by atoms with E-state index in [9.17, 15) is 13.2 Å². The molecule has 0 aliphatic carbocycles. The molecule has 1 N–H and O–H groups in total. The highest BCUT2D eigenvalue weighted by Crippen LogP contribution is 2.32. The Morgan fingerprint density at radius 2 is 1.81 bits per heavy atom. The number of anilines is 1. The molecule has 160 valence electrons. The fourth-order valence-electron chi connectivity index (χ4n) is 3.70. The van der Waals surface area contributed by atoms with Crippen molar-refractivity contribution in [3.05, 3.63) is 94.0 Å². The number of para-hydroxylation sites is 1. The van der Waals surface area contributed by atoms with Crippen LogP contribution >= 0.6 is 11.6 Å². The number of hydrogen-bond acceptors (Lipinski definition) is 3. The first-order valence-corrected chi connectivity index (χ1v) is 11.9.